The molecule has 4 heteroatoms. The van der Waals surface area contributed by atoms with Crippen molar-refractivity contribution in [3.63, 3.8) is 0 Å². The predicted molar refractivity (Wildman–Crippen MR) is 127 cm³/mol. The zero-order valence-electron chi connectivity index (χ0n) is 19.6. The molecule has 2 aromatic carbocycles. The van der Waals surface area contributed by atoms with Crippen LogP contribution in [0, 0.1) is 17.0 Å². The zero-order chi connectivity index (χ0) is 22.2. The van der Waals surface area contributed by atoms with Gasteiger partial charge in [-0.05, 0) is 44.2 Å². The summed E-state index contributed by atoms with van der Waals surface area (Å²) in [6.07, 6.45) is 8.66. The highest BCUT2D eigenvalue weighted by atomic mass is 19.1. The average molecular weight is 428 g/mol. The van der Waals surface area contributed by atoms with Gasteiger partial charge in [0, 0.05) is 29.7 Å². The number of para-hydroxylation sites is 2. The van der Waals surface area contributed by atoms with Crippen LogP contribution in [-0.2, 0) is 6.42 Å². The number of fused-ring (bicyclic) bond motifs is 5. The Kier molecular flexibility index (Phi) is 6.13. The third-order valence-corrected chi connectivity index (χ3v) is 8.15. The fourth-order valence-corrected chi connectivity index (χ4v) is 6.53. The van der Waals surface area contributed by atoms with Crippen LogP contribution < -0.4 is 9.38 Å². The van der Waals surface area contributed by atoms with E-state index in [0.717, 1.165) is 56.0 Å². The number of aryl methyl sites for hydroxylation is 1. The first kappa shape index (κ1) is 22.3. The summed E-state index contributed by atoms with van der Waals surface area (Å²) in [6, 6.07) is 11.2. The predicted octanol–water partition coefficient (Wildman–Crippen LogP) is 7.71. The molecule has 4 rings (SSSR count). The van der Waals surface area contributed by atoms with Crippen molar-refractivity contribution in [3.05, 3.63) is 53.6 Å². The van der Waals surface area contributed by atoms with E-state index >= 15 is 4.39 Å². The third-order valence-electron chi connectivity index (χ3n) is 8.15. The maximum atomic E-state index is 15.6. The van der Waals surface area contributed by atoms with E-state index in [4.69, 9.17) is 0 Å². The molecule has 0 fully saturated rings. The maximum Gasteiger partial charge on any atom is 0.187 e. The van der Waals surface area contributed by atoms with Crippen LogP contribution in [0.2, 0.25) is 0 Å². The lowest BCUT2D eigenvalue weighted by molar-refractivity contribution is 0.111. The number of unbranched alkanes of at least 4 members (excludes halogenated alkanes) is 3. The Morgan fingerprint density at radius 2 is 1.77 bits per heavy atom. The molecule has 2 unspecified atom stereocenters. The maximum absolute atomic E-state index is 15.6. The summed E-state index contributed by atoms with van der Waals surface area (Å²) in [6.45, 7) is 7.77. The summed E-state index contributed by atoms with van der Waals surface area (Å²) >= 11 is 0. The molecule has 2 heterocycles. The topological polar surface area (TPSA) is 3.24 Å². The number of nitrogens with zero attached hydrogens (tertiary/aromatic N) is 2. The van der Waals surface area contributed by atoms with Crippen molar-refractivity contribution in [1.82, 2.24) is 4.48 Å². The van der Waals surface area contributed by atoms with E-state index in [2.05, 4.69) is 57.0 Å². The molecule has 0 radical (unpaired) electrons. The van der Waals surface area contributed by atoms with Crippen LogP contribution in [0.5, 0.6) is 0 Å². The van der Waals surface area contributed by atoms with Crippen LogP contribution in [0.1, 0.15) is 71.3 Å². The molecular formula is C27H37F2N2+. The quantitative estimate of drug-likeness (QED) is 0.323. The Bertz CT molecular complexity index is 937. The van der Waals surface area contributed by atoms with Gasteiger partial charge in [0.25, 0.3) is 0 Å². The smallest absolute Gasteiger partial charge is 0.187 e. The minimum Gasteiger partial charge on any atom is -0.316 e. The lowest BCUT2D eigenvalue weighted by Crippen LogP contribution is -2.61. The SMILES string of the molecule is CCCCCCN1c2ccccc2[N+]2(C)c3c(F)cc(F)cc3CCC(CC)(CC)C12. The molecule has 2 aliphatic heterocycles. The van der Waals surface area contributed by atoms with Crippen LogP contribution in [-0.4, -0.2) is 19.8 Å². The molecule has 31 heavy (non-hydrogen) atoms. The fraction of sp³-hybridized carbons (Fsp3) is 0.556. The van der Waals surface area contributed by atoms with Crippen molar-refractivity contribution in [2.24, 2.45) is 5.41 Å². The molecule has 0 aromatic heterocycles. The first-order valence-electron chi connectivity index (χ1n) is 12.1. The lowest BCUT2D eigenvalue weighted by atomic mass is 9.74. The first-order valence-corrected chi connectivity index (χ1v) is 12.1. The molecule has 0 amide bonds. The normalized spacial score (nSPS) is 23.8. The Morgan fingerprint density at radius 1 is 1.03 bits per heavy atom. The molecule has 2 aliphatic rings. The van der Waals surface area contributed by atoms with E-state index in [1.807, 2.05) is 0 Å². The summed E-state index contributed by atoms with van der Waals surface area (Å²) in [4.78, 5) is 2.58. The minimum atomic E-state index is -0.469. The van der Waals surface area contributed by atoms with E-state index in [1.165, 1.54) is 24.9 Å². The second-order valence-electron chi connectivity index (χ2n) is 9.66. The number of hydrogen-bond acceptors (Lipinski definition) is 1. The van der Waals surface area contributed by atoms with Gasteiger partial charge in [-0.3, -0.25) is 0 Å². The number of quaternary nitrogens is 1. The van der Waals surface area contributed by atoms with Crippen LogP contribution in [0.15, 0.2) is 36.4 Å². The molecule has 0 saturated heterocycles. The van der Waals surface area contributed by atoms with E-state index < -0.39 is 11.6 Å². The van der Waals surface area contributed by atoms with E-state index in [9.17, 15) is 4.39 Å². The number of halogens is 2. The Hall–Kier alpha value is -1.94. The monoisotopic (exact) mass is 427 g/mol. The summed E-state index contributed by atoms with van der Waals surface area (Å²) in [5.74, 6) is -0.878. The molecule has 0 bridgehead atoms. The van der Waals surface area contributed by atoms with Crippen LogP contribution >= 0.6 is 0 Å². The van der Waals surface area contributed by atoms with Gasteiger partial charge in [0.1, 0.15) is 11.5 Å². The number of anilines is 1. The minimum absolute atomic E-state index is 0.0282. The molecule has 168 valence electrons. The van der Waals surface area contributed by atoms with Crippen molar-refractivity contribution in [2.45, 2.75) is 78.3 Å². The standard InChI is InChI=1S/C27H37F2N2/c1-5-8-9-12-17-30-23-13-10-11-14-24(23)31(4)25-20(18-21(28)19-22(25)29)15-16-27(6-2,7-3)26(30)31/h10-11,13-14,18-19,26H,5-9,12,15-17H2,1-4H3/q+1. The molecule has 0 spiro atoms. The zero-order valence-corrected chi connectivity index (χ0v) is 19.6. The van der Waals surface area contributed by atoms with Gasteiger partial charge < -0.3 is 4.90 Å². The Labute approximate surface area is 186 Å². The summed E-state index contributed by atoms with van der Waals surface area (Å²) < 4.78 is 30.2. The van der Waals surface area contributed by atoms with Gasteiger partial charge in [0.05, 0.1) is 7.05 Å². The molecular weight excluding hydrogens is 390 g/mol. The van der Waals surface area contributed by atoms with Gasteiger partial charge in [-0.1, -0.05) is 52.2 Å². The van der Waals surface area contributed by atoms with E-state index in [1.54, 1.807) is 6.07 Å². The summed E-state index contributed by atoms with van der Waals surface area (Å²) in [5, 5.41) is 0. The Morgan fingerprint density at radius 3 is 2.48 bits per heavy atom. The van der Waals surface area contributed by atoms with Gasteiger partial charge in [0.15, 0.2) is 23.4 Å². The average Bonchev–Trinajstić information content (AvgIpc) is 2.94. The van der Waals surface area contributed by atoms with Gasteiger partial charge >= 0.3 is 0 Å². The molecule has 0 saturated carbocycles. The molecule has 2 aromatic rings. The van der Waals surface area contributed by atoms with Crippen molar-refractivity contribution in [3.8, 4) is 0 Å². The number of benzene rings is 2. The molecule has 2 atom stereocenters. The molecule has 0 aliphatic carbocycles. The fourth-order valence-electron chi connectivity index (χ4n) is 6.53. The van der Waals surface area contributed by atoms with Gasteiger partial charge in [-0.2, -0.15) is 0 Å². The van der Waals surface area contributed by atoms with Crippen LogP contribution in [0.4, 0.5) is 25.8 Å². The number of rotatable bonds is 7. The highest BCUT2D eigenvalue weighted by Crippen LogP contribution is 2.59. The largest absolute Gasteiger partial charge is 0.316 e. The Balaban J connectivity index is 1.95. The highest BCUT2D eigenvalue weighted by Gasteiger charge is 2.61. The van der Waals surface area contributed by atoms with Crippen LogP contribution in [0.25, 0.3) is 0 Å². The van der Waals surface area contributed by atoms with Crippen molar-refractivity contribution in [2.75, 3.05) is 18.5 Å². The van der Waals surface area contributed by atoms with Crippen LogP contribution in [0.3, 0.4) is 0 Å². The van der Waals surface area contributed by atoms with Crippen molar-refractivity contribution in [1.29, 1.82) is 0 Å². The highest BCUT2D eigenvalue weighted by molar-refractivity contribution is 5.81. The van der Waals surface area contributed by atoms with Crippen molar-refractivity contribution >= 4 is 17.1 Å². The molecule has 0 N–H and O–H groups in total. The summed E-state index contributed by atoms with van der Waals surface area (Å²) in [5.41, 5.74) is 3.88. The first-order chi connectivity index (χ1) is 14.9. The summed E-state index contributed by atoms with van der Waals surface area (Å²) in [7, 11) is 2.17. The van der Waals surface area contributed by atoms with E-state index in [-0.39, 0.29) is 11.6 Å². The van der Waals surface area contributed by atoms with Gasteiger partial charge in [0.2, 0.25) is 0 Å². The number of hydrogen-bond donors (Lipinski definition) is 0. The third kappa shape index (κ3) is 3.38. The second-order valence-corrected chi connectivity index (χ2v) is 9.66. The van der Waals surface area contributed by atoms with Crippen molar-refractivity contribution < 1.29 is 8.78 Å². The van der Waals surface area contributed by atoms with Gasteiger partial charge in [-0.15, -0.1) is 0 Å². The van der Waals surface area contributed by atoms with E-state index in [0.29, 0.717) is 10.2 Å². The lowest BCUT2D eigenvalue weighted by Gasteiger charge is -2.47. The molecule has 2 nitrogen and oxygen atoms in total. The second kappa shape index (κ2) is 8.54. The van der Waals surface area contributed by atoms with Gasteiger partial charge in [-0.25, -0.2) is 13.3 Å².